The van der Waals surface area contributed by atoms with Crippen molar-refractivity contribution in [3.63, 3.8) is 0 Å². The average molecular weight is 675 g/mol. The van der Waals surface area contributed by atoms with Gasteiger partial charge in [-0.15, -0.1) is 0 Å². The van der Waals surface area contributed by atoms with Gasteiger partial charge in [0.1, 0.15) is 11.7 Å². The van der Waals surface area contributed by atoms with Gasteiger partial charge in [-0.25, -0.2) is 0 Å². The van der Waals surface area contributed by atoms with E-state index in [4.69, 9.17) is 27.9 Å². The largest absolute Gasteiger partial charge is 0.379 e. The van der Waals surface area contributed by atoms with Gasteiger partial charge in [-0.05, 0) is 74.5 Å². The lowest BCUT2D eigenvalue weighted by Gasteiger charge is -2.29. The van der Waals surface area contributed by atoms with Gasteiger partial charge in [0.25, 0.3) is 11.8 Å². The van der Waals surface area contributed by atoms with Gasteiger partial charge in [-0.2, -0.15) is 0 Å². The Morgan fingerprint density at radius 3 is 2.59 bits per heavy atom. The van der Waals surface area contributed by atoms with Crippen LogP contribution in [0.25, 0.3) is 10.9 Å². The minimum Gasteiger partial charge on any atom is -0.379 e. The molecule has 6 rings (SSSR count). The molecule has 0 radical (unpaired) electrons. The first-order valence-electron chi connectivity index (χ1n) is 16.5. The maximum absolute atomic E-state index is 14.1. The van der Waals surface area contributed by atoms with Crippen LogP contribution >= 0.6 is 23.2 Å². The van der Waals surface area contributed by atoms with Crippen LogP contribution in [-0.4, -0.2) is 84.2 Å². The Kier molecular flexibility index (Phi) is 10.2. The van der Waals surface area contributed by atoms with E-state index in [2.05, 4.69) is 20.9 Å². The van der Waals surface area contributed by atoms with Gasteiger partial charge in [0.15, 0.2) is 0 Å². The first-order chi connectivity index (χ1) is 22.2. The summed E-state index contributed by atoms with van der Waals surface area (Å²) in [5.74, 6) is -2.62. The number of hydrogen-bond acceptors (Lipinski definition) is 6. The number of hydrogen-bond donors (Lipinski definition) is 4. The number of rotatable bonds is 12. The highest BCUT2D eigenvalue weighted by molar-refractivity contribution is 6.39. The second kappa shape index (κ2) is 14.3. The number of carbonyl (C=O) groups excluding carboxylic acids is 5. The van der Waals surface area contributed by atoms with Crippen molar-refractivity contribution in [1.82, 2.24) is 25.8 Å². The number of halogens is 2. The summed E-state index contributed by atoms with van der Waals surface area (Å²) < 4.78 is 5.70. The lowest BCUT2D eigenvalue weighted by Crippen LogP contribution is -2.55. The van der Waals surface area contributed by atoms with E-state index in [0.29, 0.717) is 53.0 Å². The van der Waals surface area contributed by atoms with Crippen molar-refractivity contribution >= 4 is 63.5 Å². The minimum atomic E-state index is -1.22. The Morgan fingerprint density at radius 2 is 1.83 bits per heavy atom. The van der Waals surface area contributed by atoms with Crippen LogP contribution in [0.2, 0.25) is 10.0 Å². The molecule has 13 heteroatoms. The maximum Gasteiger partial charge on any atom is 0.289 e. The predicted octanol–water partition coefficient (Wildman–Crippen LogP) is 3.62. The molecule has 0 unspecified atom stereocenters. The van der Waals surface area contributed by atoms with Crippen molar-refractivity contribution in [2.24, 2.45) is 23.7 Å². The average Bonchev–Trinajstić information content (AvgIpc) is 3.85. The van der Waals surface area contributed by atoms with Crippen molar-refractivity contribution in [3.05, 3.63) is 33.9 Å². The predicted molar refractivity (Wildman–Crippen MR) is 172 cm³/mol. The minimum absolute atomic E-state index is 0.00194. The van der Waals surface area contributed by atoms with Crippen molar-refractivity contribution in [1.29, 1.82) is 0 Å². The number of ether oxygens (including phenoxy) is 1. The van der Waals surface area contributed by atoms with Crippen molar-refractivity contribution in [2.45, 2.75) is 69.9 Å². The molecule has 0 spiro atoms. The Balaban J connectivity index is 1.15. The molecule has 5 atom stereocenters. The molecule has 11 nitrogen and oxygen atoms in total. The van der Waals surface area contributed by atoms with E-state index >= 15 is 0 Å². The Morgan fingerprint density at radius 1 is 1.02 bits per heavy atom. The zero-order valence-corrected chi connectivity index (χ0v) is 27.3. The molecule has 4 fully saturated rings. The normalized spacial score (nSPS) is 25.1. The molecular weight excluding hydrogens is 633 g/mol. The van der Waals surface area contributed by atoms with Crippen molar-refractivity contribution < 1.29 is 28.7 Å². The number of aromatic nitrogens is 1. The van der Waals surface area contributed by atoms with Crippen LogP contribution < -0.4 is 16.0 Å². The smallest absolute Gasteiger partial charge is 0.289 e. The fraction of sp³-hybridized carbons (Fsp3) is 0.606. The Labute approximate surface area is 277 Å². The number of Topliss-reactive ketones (excluding diaryl/α,β-unsaturated/α-hetero) is 1. The highest BCUT2D eigenvalue weighted by atomic mass is 35.5. The number of H-pyrrole nitrogens is 1. The third-order valence-corrected chi connectivity index (χ3v) is 10.7. The van der Waals surface area contributed by atoms with Gasteiger partial charge in [0.2, 0.25) is 17.6 Å². The number of nitrogens with zero attached hydrogens (tertiary/aromatic N) is 1. The van der Waals surface area contributed by atoms with Gasteiger partial charge in [-0.1, -0.05) is 42.5 Å². The van der Waals surface area contributed by atoms with E-state index in [1.807, 2.05) is 0 Å². The zero-order valence-electron chi connectivity index (χ0n) is 25.7. The summed E-state index contributed by atoms with van der Waals surface area (Å²) in [6.07, 6.45) is 7.83. The van der Waals surface area contributed by atoms with Crippen LogP contribution in [0, 0.1) is 23.7 Å². The molecular formula is C33H41Cl2N5O6. The van der Waals surface area contributed by atoms with Gasteiger partial charge >= 0.3 is 0 Å². The van der Waals surface area contributed by atoms with Crippen LogP contribution in [-0.2, 0) is 23.9 Å². The van der Waals surface area contributed by atoms with Crippen LogP contribution in [0.4, 0.5) is 0 Å². The summed E-state index contributed by atoms with van der Waals surface area (Å²) in [4.78, 5) is 71.5. The van der Waals surface area contributed by atoms with E-state index in [1.54, 1.807) is 23.1 Å². The number of carbonyl (C=O) groups is 5. The number of amides is 4. The number of aromatic amines is 1. The molecule has 4 N–H and O–H groups in total. The van der Waals surface area contributed by atoms with E-state index in [0.717, 1.165) is 32.1 Å². The Hall–Kier alpha value is -3.15. The lowest BCUT2D eigenvalue weighted by atomic mass is 9.91. The maximum atomic E-state index is 14.1. The topological polar surface area (TPSA) is 150 Å². The highest BCUT2D eigenvalue weighted by Gasteiger charge is 2.50. The second-order valence-electron chi connectivity index (χ2n) is 13.2. The molecule has 248 valence electrons. The molecule has 2 saturated heterocycles. The number of nitrogens with one attached hydrogen (secondary N) is 4. The third kappa shape index (κ3) is 7.06. The molecule has 2 aromatic rings. The number of benzene rings is 1. The molecule has 4 aliphatic rings. The molecule has 2 saturated carbocycles. The van der Waals surface area contributed by atoms with Crippen LogP contribution in [0.3, 0.4) is 0 Å². The third-order valence-electron chi connectivity index (χ3n) is 10.2. The van der Waals surface area contributed by atoms with E-state index in [1.165, 1.54) is 12.8 Å². The zero-order chi connectivity index (χ0) is 32.4. The van der Waals surface area contributed by atoms with Gasteiger partial charge < -0.3 is 30.6 Å². The summed E-state index contributed by atoms with van der Waals surface area (Å²) in [6, 6.07) is 2.90. The number of fused-ring (bicyclic) bond motifs is 2. The molecule has 3 heterocycles. The fourth-order valence-corrected chi connectivity index (χ4v) is 8.38. The number of ketones is 1. The van der Waals surface area contributed by atoms with E-state index in [-0.39, 0.29) is 48.9 Å². The fourth-order valence-electron chi connectivity index (χ4n) is 7.83. The van der Waals surface area contributed by atoms with Crippen LogP contribution in [0.1, 0.15) is 68.3 Å². The summed E-state index contributed by atoms with van der Waals surface area (Å²) in [5.41, 5.74) is 0.887. The standard InChI is InChI=1S/C33H41Cl2N5O6/c34-21-13-24(35)23-15-27(38-25(23)14-21)33(45)40-16-20-6-3-7-22(20)28(40)31(43)39-26(12-19-8-9-36-30(19)42)29(41)32(44)37-10-11-46-17-18-4-1-2-5-18/h13-15,18-20,22,26,28,38H,1-12,16-17H2,(H,36,42)(H,37,44)(H,39,43)/t19-,20-,22-,26-,28-/m0/s1. The van der Waals surface area contributed by atoms with Crippen molar-refractivity contribution in [2.75, 3.05) is 32.8 Å². The highest BCUT2D eigenvalue weighted by Crippen LogP contribution is 2.43. The summed E-state index contributed by atoms with van der Waals surface area (Å²) in [5, 5.41) is 9.67. The molecule has 46 heavy (non-hydrogen) atoms. The van der Waals surface area contributed by atoms with Gasteiger partial charge in [-0.3, -0.25) is 24.0 Å². The van der Waals surface area contributed by atoms with Crippen LogP contribution in [0.5, 0.6) is 0 Å². The summed E-state index contributed by atoms with van der Waals surface area (Å²) >= 11 is 12.5. The molecule has 4 amide bonds. The van der Waals surface area contributed by atoms with Gasteiger partial charge in [0, 0.05) is 48.1 Å². The number of likely N-dealkylation sites (tertiary alicyclic amines) is 1. The van der Waals surface area contributed by atoms with Crippen molar-refractivity contribution in [3.8, 4) is 0 Å². The molecule has 2 aliphatic carbocycles. The quantitative estimate of drug-likeness (QED) is 0.200. The molecule has 2 aliphatic heterocycles. The Bertz CT molecular complexity index is 1510. The van der Waals surface area contributed by atoms with Crippen LogP contribution in [0.15, 0.2) is 18.2 Å². The monoisotopic (exact) mass is 673 g/mol. The molecule has 1 aromatic carbocycles. The second-order valence-corrected chi connectivity index (χ2v) is 14.1. The molecule has 0 bridgehead atoms. The first kappa shape index (κ1) is 32.8. The summed E-state index contributed by atoms with van der Waals surface area (Å²) in [6.45, 7) is 1.95. The first-order valence-corrected chi connectivity index (χ1v) is 17.2. The van der Waals surface area contributed by atoms with E-state index in [9.17, 15) is 24.0 Å². The lowest BCUT2D eigenvalue weighted by molar-refractivity contribution is -0.141. The van der Waals surface area contributed by atoms with E-state index < -0.39 is 35.6 Å². The molecule has 1 aromatic heterocycles. The SMILES string of the molecule is O=C(NCCOCC1CCCC1)C(=O)[C@H](C[C@@H]1CCNC1=O)NC(=O)[C@@H]1[C@H]2CCC[C@H]2CN1C(=O)c1cc2c(Cl)cc(Cl)cc2[nH]1. The van der Waals surface area contributed by atoms with Gasteiger partial charge in [0.05, 0.1) is 17.7 Å². The summed E-state index contributed by atoms with van der Waals surface area (Å²) in [7, 11) is 0.